The molecule has 1 heterocycles. The molecule has 2 amide bonds. The molecule has 0 saturated heterocycles. The van der Waals surface area contributed by atoms with Gasteiger partial charge >= 0.3 is 5.97 Å². The van der Waals surface area contributed by atoms with Gasteiger partial charge in [-0.25, -0.2) is 0 Å². The third-order valence-corrected chi connectivity index (χ3v) is 5.09. The molecule has 28 heavy (non-hydrogen) atoms. The van der Waals surface area contributed by atoms with Gasteiger partial charge < -0.3 is 20.1 Å². The van der Waals surface area contributed by atoms with E-state index in [-0.39, 0.29) is 24.7 Å². The molecule has 8 heteroatoms. The van der Waals surface area contributed by atoms with Crippen LogP contribution in [0, 0.1) is 0 Å². The normalized spacial score (nSPS) is 12.5. The van der Waals surface area contributed by atoms with Crippen LogP contribution in [0.5, 0.6) is 5.75 Å². The van der Waals surface area contributed by atoms with Crippen LogP contribution < -0.4 is 15.4 Å². The molecule has 0 aliphatic rings. The highest BCUT2D eigenvalue weighted by atomic mass is 32.1. The zero-order valence-corrected chi connectivity index (χ0v) is 16.9. The highest BCUT2D eigenvalue weighted by Crippen LogP contribution is 2.24. The number of carbonyl (C=O) groups excluding carboxylic acids is 3. The Kier molecular flexibility index (Phi) is 8.01. The number of benzene rings is 1. The van der Waals surface area contributed by atoms with Gasteiger partial charge in [0.25, 0.3) is 0 Å². The summed E-state index contributed by atoms with van der Waals surface area (Å²) in [5, 5.41) is 7.55. The Hall–Kier alpha value is -2.87. The van der Waals surface area contributed by atoms with E-state index >= 15 is 0 Å². The van der Waals surface area contributed by atoms with E-state index in [9.17, 15) is 14.4 Å². The van der Waals surface area contributed by atoms with E-state index in [1.165, 1.54) is 25.4 Å². The van der Waals surface area contributed by atoms with Gasteiger partial charge in [-0.2, -0.15) is 0 Å². The van der Waals surface area contributed by atoms with Crippen molar-refractivity contribution in [1.82, 2.24) is 10.6 Å². The lowest BCUT2D eigenvalue weighted by Crippen LogP contribution is -2.35. The summed E-state index contributed by atoms with van der Waals surface area (Å²) in [6, 6.07) is 9.89. The highest BCUT2D eigenvalue weighted by Gasteiger charge is 2.23. The zero-order valence-electron chi connectivity index (χ0n) is 16.1. The van der Waals surface area contributed by atoms with Crippen LogP contribution in [-0.2, 0) is 19.1 Å². The lowest BCUT2D eigenvalue weighted by molar-refractivity contribution is -0.141. The molecule has 0 saturated carbocycles. The van der Waals surface area contributed by atoms with Gasteiger partial charge in [0, 0.05) is 11.8 Å². The van der Waals surface area contributed by atoms with E-state index in [4.69, 9.17) is 9.47 Å². The minimum atomic E-state index is -0.495. The average Bonchev–Trinajstić information content (AvgIpc) is 3.21. The first-order chi connectivity index (χ1) is 13.4. The number of esters is 1. The van der Waals surface area contributed by atoms with Crippen molar-refractivity contribution >= 4 is 29.1 Å². The van der Waals surface area contributed by atoms with Crippen molar-refractivity contribution in [2.24, 2.45) is 0 Å². The zero-order chi connectivity index (χ0) is 20.5. The standard InChI is InChI=1S/C20H24N2O5S/c1-13(23)21-16(14-6-8-15(26-2)9-7-14)11-19(24)22-17(12-20(25)27-3)18-5-4-10-28-18/h4-10,16-17H,11-12H2,1-3H3,(H,21,23)(H,22,24)/t16-,17+/m0/s1. The number of ether oxygens (including phenoxy) is 2. The molecular formula is C20H24N2O5S. The second-order valence-electron chi connectivity index (χ2n) is 6.15. The molecule has 0 radical (unpaired) electrons. The first kappa shape index (κ1) is 21.4. The summed E-state index contributed by atoms with van der Waals surface area (Å²) in [7, 11) is 2.88. The maximum absolute atomic E-state index is 12.7. The van der Waals surface area contributed by atoms with Crippen LogP contribution in [0.1, 0.15) is 42.3 Å². The van der Waals surface area contributed by atoms with Gasteiger partial charge in [-0.05, 0) is 29.1 Å². The topological polar surface area (TPSA) is 93.7 Å². The lowest BCUT2D eigenvalue weighted by atomic mass is 10.0. The molecule has 2 rings (SSSR count). The SMILES string of the molecule is COC(=O)C[C@@H](NC(=O)C[C@H](NC(C)=O)c1ccc(OC)cc1)c1cccs1. The van der Waals surface area contributed by atoms with Crippen molar-refractivity contribution in [1.29, 1.82) is 0 Å². The number of methoxy groups -OCH3 is 2. The van der Waals surface area contributed by atoms with E-state index in [0.717, 1.165) is 10.4 Å². The van der Waals surface area contributed by atoms with E-state index in [1.54, 1.807) is 31.4 Å². The number of hydrogen-bond donors (Lipinski definition) is 2. The van der Waals surface area contributed by atoms with Gasteiger partial charge in [0.15, 0.2) is 0 Å². The van der Waals surface area contributed by atoms with Gasteiger partial charge in [0.1, 0.15) is 5.75 Å². The molecule has 0 aliphatic carbocycles. The van der Waals surface area contributed by atoms with Gasteiger partial charge in [-0.1, -0.05) is 18.2 Å². The largest absolute Gasteiger partial charge is 0.497 e. The van der Waals surface area contributed by atoms with Crippen LogP contribution in [0.2, 0.25) is 0 Å². The first-order valence-corrected chi connectivity index (χ1v) is 9.61. The molecule has 0 bridgehead atoms. The summed E-state index contributed by atoms with van der Waals surface area (Å²) in [5.41, 5.74) is 0.784. The molecule has 0 spiro atoms. The summed E-state index contributed by atoms with van der Waals surface area (Å²) in [6.07, 6.45) is 0.0745. The van der Waals surface area contributed by atoms with Crippen molar-refractivity contribution in [2.75, 3.05) is 14.2 Å². The first-order valence-electron chi connectivity index (χ1n) is 8.73. The van der Waals surface area contributed by atoms with Crippen LogP contribution in [-0.4, -0.2) is 32.0 Å². The predicted molar refractivity (Wildman–Crippen MR) is 106 cm³/mol. The molecule has 2 N–H and O–H groups in total. The smallest absolute Gasteiger partial charge is 0.307 e. The van der Waals surface area contributed by atoms with Crippen molar-refractivity contribution in [3.8, 4) is 5.75 Å². The van der Waals surface area contributed by atoms with Crippen LogP contribution in [0.15, 0.2) is 41.8 Å². The van der Waals surface area contributed by atoms with Gasteiger partial charge in [-0.3, -0.25) is 14.4 Å². The summed E-state index contributed by atoms with van der Waals surface area (Å²) < 4.78 is 9.87. The fraction of sp³-hybridized carbons (Fsp3) is 0.350. The molecular weight excluding hydrogens is 380 g/mol. The molecule has 150 valence electrons. The number of carbonyl (C=O) groups is 3. The summed E-state index contributed by atoms with van der Waals surface area (Å²) >= 11 is 1.45. The Labute approximate surface area is 168 Å². The van der Waals surface area contributed by atoms with Crippen LogP contribution in [0.4, 0.5) is 0 Å². The van der Waals surface area contributed by atoms with E-state index < -0.39 is 18.1 Å². The van der Waals surface area contributed by atoms with Crippen molar-refractivity contribution in [2.45, 2.75) is 31.8 Å². The quantitative estimate of drug-likeness (QED) is 0.627. The Morgan fingerprint density at radius 1 is 1.00 bits per heavy atom. The number of nitrogens with one attached hydrogen (secondary N) is 2. The number of hydrogen-bond acceptors (Lipinski definition) is 6. The van der Waals surface area contributed by atoms with Crippen molar-refractivity contribution in [3.63, 3.8) is 0 Å². The lowest BCUT2D eigenvalue weighted by Gasteiger charge is -2.21. The maximum Gasteiger partial charge on any atom is 0.307 e. The van der Waals surface area contributed by atoms with E-state index in [1.807, 2.05) is 17.5 Å². The summed E-state index contributed by atoms with van der Waals surface area (Å²) in [4.78, 5) is 36.8. The number of rotatable bonds is 9. The molecule has 0 aliphatic heterocycles. The summed E-state index contributed by atoms with van der Waals surface area (Å²) in [6.45, 7) is 1.40. The molecule has 0 unspecified atom stereocenters. The number of thiophene rings is 1. The van der Waals surface area contributed by atoms with Crippen LogP contribution in [0.25, 0.3) is 0 Å². The Morgan fingerprint density at radius 2 is 1.71 bits per heavy atom. The van der Waals surface area contributed by atoms with Crippen molar-refractivity contribution < 1.29 is 23.9 Å². The molecule has 1 aromatic carbocycles. The van der Waals surface area contributed by atoms with Crippen LogP contribution >= 0.6 is 11.3 Å². The second kappa shape index (κ2) is 10.5. The maximum atomic E-state index is 12.7. The third kappa shape index (κ3) is 6.38. The molecule has 2 atom stereocenters. The highest BCUT2D eigenvalue weighted by molar-refractivity contribution is 7.10. The van der Waals surface area contributed by atoms with Gasteiger partial charge in [0.05, 0.1) is 39.1 Å². The molecule has 7 nitrogen and oxygen atoms in total. The van der Waals surface area contributed by atoms with Crippen molar-refractivity contribution in [3.05, 3.63) is 52.2 Å². The van der Waals surface area contributed by atoms with E-state index in [2.05, 4.69) is 10.6 Å². The Balaban J connectivity index is 2.11. The molecule has 0 fully saturated rings. The van der Waals surface area contributed by atoms with E-state index in [0.29, 0.717) is 5.75 Å². The monoisotopic (exact) mass is 404 g/mol. The van der Waals surface area contributed by atoms with Gasteiger partial charge in [0.2, 0.25) is 11.8 Å². The Bertz CT molecular complexity index is 789. The minimum Gasteiger partial charge on any atom is -0.497 e. The fourth-order valence-electron chi connectivity index (χ4n) is 2.73. The fourth-order valence-corrected chi connectivity index (χ4v) is 3.51. The second-order valence-corrected chi connectivity index (χ2v) is 7.13. The third-order valence-electron chi connectivity index (χ3n) is 4.11. The molecule has 2 aromatic rings. The van der Waals surface area contributed by atoms with Gasteiger partial charge in [-0.15, -0.1) is 11.3 Å². The minimum absolute atomic E-state index is 0.0367. The predicted octanol–water partition coefficient (Wildman–Crippen LogP) is 2.74. The summed E-state index contributed by atoms with van der Waals surface area (Å²) in [5.74, 6) is -0.243. The molecule has 1 aromatic heterocycles. The average molecular weight is 404 g/mol. The van der Waals surface area contributed by atoms with Crippen LogP contribution in [0.3, 0.4) is 0 Å². The number of amides is 2. The Morgan fingerprint density at radius 3 is 2.25 bits per heavy atom.